The largest absolute Gasteiger partial charge is 0.0619 e. The monoisotopic (exact) mass is 274 g/mol. The maximum atomic E-state index is 3.36. The Balaban J connectivity index is 1.91. The predicted molar refractivity (Wildman–Crippen MR) is 89.6 cm³/mol. The minimum absolute atomic E-state index is 0.779. The van der Waals surface area contributed by atoms with E-state index in [1.54, 1.807) is 0 Å². The van der Waals surface area contributed by atoms with Crippen molar-refractivity contribution < 1.29 is 0 Å². The highest BCUT2D eigenvalue weighted by molar-refractivity contribution is 5.52. The molecule has 2 unspecified atom stereocenters. The summed E-state index contributed by atoms with van der Waals surface area (Å²) in [6, 6.07) is 13.1. The van der Waals surface area contributed by atoms with Crippen LogP contribution in [0.4, 0.5) is 0 Å². The molecule has 1 fully saturated rings. The number of hydrogen-bond donors (Lipinski definition) is 0. The van der Waals surface area contributed by atoms with Crippen LogP contribution in [0.15, 0.2) is 36.4 Å². The lowest BCUT2D eigenvalue weighted by molar-refractivity contribution is 0.912. The Hall–Kier alpha value is -2.00. The third kappa shape index (κ3) is 3.03. The fourth-order valence-corrected chi connectivity index (χ4v) is 2.97. The van der Waals surface area contributed by atoms with Crippen LogP contribution in [0, 0.1) is 38.5 Å². The van der Waals surface area contributed by atoms with Gasteiger partial charge in [0.05, 0.1) is 0 Å². The van der Waals surface area contributed by atoms with E-state index in [9.17, 15) is 0 Å². The van der Waals surface area contributed by atoms with Gasteiger partial charge in [-0.2, -0.15) is 0 Å². The highest BCUT2D eigenvalue weighted by atomic mass is 14.4. The van der Waals surface area contributed by atoms with Crippen LogP contribution in [0.5, 0.6) is 0 Å². The Kier molecular flexibility index (Phi) is 3.60. The molecule has 0 heteroatoms. The molecule has 2 aromatic carbocycles. The van der Waals surface area contributed by atoms with Gasteiger partial charge in [0.15, 0.2) is 0 Å². The average molecular weight is 274 g/mol. The minimum atomic E-state index is 0.779. The van der Waals surface area contributed by atoms with Crippen molar-refractivity contribution in [3.8, 4) is 11.8 Å². The van der Waals surface area contributed by atoms with Crippen molar-refractivity contribution >= 4 is 0 Å². The van der Waals surface area contributed by atoms with E-state index in [0.717, 1.165) is 17.4 Å². The van der Waals surface area contributed by atoms with E-state index in [1.165, 1.54) is 34.2 Å². The summed E-state index contributed by atoms with van der Waals surface area (Å²) in [6.45, 7) is 8.80. The van der Waals surface area contributed by atoms with E-state index in [-0.39, 0.29) is 0 Å². The maximum absolute atomic E-state index is 3.36. The van der Waals surface area contributed by atoms with Gasteiger partial charge in [-0.05, 0) is 67.9 Å². The standard InChI is InChI=1S/C21H22/c1-14-5-7-18(8-6-14)9-10-20-15(2)11-19(12-16(20)3)21-13-17(21)4/h5-8,11-12,17,21H,13H2,1-4H3. The number of hydrogen-bond acceptors (Lipinski definition) is 0. The van der Waals surface area contributed by atoms with Gasteiger partial charge in [0.25, 0.3) is 0 Å². The van der Waals surface area contributed by atoms with Crippen molar-refractivity contribution in [2.75, 3.05) is 0 Å². The summed E-state index contributed by atoms with van der Waals surface area (Å²) in [7, 11) is 0. The molecule has 0 bridgehead atoms. The van der Waals surface area contributed by atoms with Crippen LogP contribution in [-0.2, 0) is 0 Å². The highest BCUT2D eigenvalue weighted by Crippen LogP contribution is 2.47. The first-order chi connectivity index (χ1) is 10.0. The molecule has 0 aliphatic heterocycles. The first-order valence-corrected chi connectivity index (χ1v) is 7.74. The van der Waals surface area contributed by atoms with E-state index in [0.29, 0.717) is 0 Å². The summed E-state index contributed by atoms with van der Waals surface area (Å²) in [5.41, 5.74) is 7.66. The van der Waals surface area contributed by atoms with Gasteiger partial charge in [0, 0.05) is 11.1 Å². The average Bonchev–Trinajstić information content (AvgIpc) is 3.17. The van der Waals surface area contributed by atoms with Gasteiger partial charge in [0.1, 0.15) is 0 Å². The smallest absolute Gasteiger partial charge is 0.0307 e. The third-order valence-corrected chi connectivity index (χ3v) is 4.48. The minimum Gasteiger partial charge on any atom is -0.0619 e. The van der Waals surface area contributed by atoms with Crippen LogP contribution in [0.25, 0.3) is 0 Å². The SMILES string of the molecule is Cc1ccc(C#Cc2c(C)cc(C3CC3C)cc2C)cc1. The molecule has 0 N–H and O–H groups in total. The van der Waals surface area contributed by atoms with Crippen molar-refractivity contribution in [1.29, 1.82) is 0 Å². The van der Waals surface area contributed by atoms with Gasteiger partial charge in [-0.1, -0.05) is 48.6 Å². The second-order valence-electron chi connectivity index (χ2n) is 6.47. The lowest BCUT2D eigenvalue weighted by Gasteiger charge is -2.08. The molecule has 0 amide bonds. The van der Waals surface area contributed by atoms with Gasteiger partial charge >= 0.3 is 0 Å². The summed E-state index contributed by atoms with van der Waals surface area (Å²) in [5.74, 6) is 8.29. The van der Waals surface area contributed by atoms with Gasteiger partial charge in [0.2, 0.25) is 0 Å². The molecule has 3 rings (SSSR count). The summed E-state index contributed by atoms with van der Waals surface area (Å²) >= 11 is 0. The van der Waals surface area contributed by atoms with Crippen LogP contribution in [-0.4, -0.2) is 0 Å². The van der Waals surface area contributed by atoms with Gasteiger partial charge in [-0.3, -0.25) is 0 Å². The molecule has 2 atom stereocenters. The molecule has 0 spiro atoms. The molecule has 1 saturated carbocycles. The van der Waals surface area contributed by atoms with E-state index in [4.69, 9.17) is 0 Å². The second kappa shape index (κ2) is 5.41. The lowest BCUT2D eigenvalue weighted by Crippen LogP contribution is -1.92. The molecule has 106 valence electrons. The Labute approximate surface area is 128 Å². The summed E-state index contributed by atoms with van der Waals surface area (Å²) in [6.07, 6.45) is 1.34. The zero-order valence-corrected chi connectivity index (χ0v) is 13.3. The topological polar surface area (TPSA) is 0 Å². The molecule has 0 saturated heterocycles. The van der Waals surface area contributed by atoms with Crippen LogP contribution < -0.4 is 0 Å². The highest BCUT2D eigenvalue weighted by Gasteiger charge is 2.34. The molecule has 21 heavy (non-hydrogen) atoms. The number of aryl methyl sites for hydroxylation is 3. The van der Waals surface area contributed by atoms with Gasteiger partial charge in [-0.15, -0.1) is 0 Å². The molecule has 1 aliphatic rings. The molecule has 0 aromatic heterocycles. The Bertz CT molecular complexity index is 700. The molecular weight excluding hydrogens is 252 g/mol. The van der Waals surface area contributed by atoms with Crippen molar-refractivity contribution in [2.45, 2.75) is 40.0 Å². The van der Waals surface area contributed by atoms with Crippen molar-refractivity contribution in [2.24, 2.45) is 5.92 Å². The quantitative estimate of drug-likeness (QED) is 0.632. The van der Waals surface area contributed by atoms with Crippen molar-refractivity contribution in [1.82, 2.24) is 0 Å². The van der Waals surface area contributed by atoms with Crippen LogP contribution in [0.2, 0.25) is 0 Å². The third-order valence-electron chi connectivity index (χ3n) is 4.48. The predicted octanol–water partition coefficient (Wildman–Crippen LogP) is 5.14. The van der Waals surface area contributed by atoms with Crippen molar-refractivity contribution in [3.05, 3.63) is 69.8 Å². The van der Waals surface area contributed by atoms with Crippen molar-refractivity contribution in [3.63, 3.8) is 0 Å². The first kappa shape index (κ1) is 14.0. The molecular formula is C21H22. The summed E-state index contributed by atoms with van der Waals surface area (Å²) in [5, 5.41) is 0. The zero-order valence-electron chi connectivity index (χ0n) is 13.3. The van der Waals surface area contributed by atoms with E-state index < -0.39 is 0 Å². The van der Waals surface area contributed by atoms with E-state index in [2.05, 4.69) is 75.9 Å². The molecule has 0 heterocycles. The molecule has 2 aromatic rings. The Morgan fingerprint density at radius 1 is 0.905 bits per heavy atom. The first-order valence-electron chi connectivity index (χ1n) is 7.74. The molecule has 1 aliphatic carbocycles. The Morgan fingerprint density at radius 3 is 2.00 bits per heavy atom. The maximum Gasteiger partial charge on any atom is 0.0307 e. The summed E-state index contributed by atoms with van der Waals surface area (Å²) in [4.78, 5) is 0. The van der Waals surface area contributed by atoms with Crippen LogP contribution >= 0.6 is 0 Å². The summed E-state index contributed by atoms with van der Waals surface area (Å²) < 4.78 is 0. The normalized spacial score (nSPS) is 19.8. The van der Waals surface area contributed by atoms with Crippen LogP contribution in [0.3, 0.4) is 0 Å². The van der Waals surface area contributed by atoms with E-state index >= 15 is 0 Å². The number of benzene rings is 2. The Morgan fingerprint density at radius 2 is 1.48 bits per heavy atom. The zero-order chi connectivity index (χ0) is 15.0. The fourth-order valence-electron chi connectivity index (χ4n) is 2.97. The second-order valence-corrected chi connectivity index (χ2v) is 6.47. The van der Waals surface area contributed by atoms with E-state index in [1.807, 2.05) is 0 Å². The molecule has 0 radical (unpaired) electrons. The lowest BCUT2D eigenvalue weighted by atomic mass is 9.96. The number of rotatable bonds is 1. The van der Waals surface area contributed by atoms with Gasteiger partial charge < -0.3 is 0 Å². The van der Waals surface area contributed by atoms with Gasteiger partial charge in [-0.25, -0.2) is 0 Å². The van der Waals surface area contributed by atoms with Crippen LogP contribution in [0.1, 0.15) is 52.6 Å². The fraction of sp³-hybridized carbons (Fsp3) is 0.333. The molecule has 0 nitrogen and oxygen atoms in total.